The molecule has 1 amide bonds. The number of hydrogen-bond donors (Lipinski definition) is 2. The van der Waals surface area contributed by atoms with Gasteiger partial charge in [0.25, 0.3) is 0 Å². The first-order chi connectivity index (χ1) is 9.08. The lowest BCUT2D eigenvalue weighted by atomic mass is 10.1. The van der Waals surface area contributed by atoms with Crippen LogP contribution in [0.4, 0.5) is 11.4 Å². The summed E-state index contributed by atoms with van der Waals surface area (Å²) in [5, 5.41) is 0. The fraction of sp³-hybridized carbons (Fsp3) is 0.143. The number of aromatic nitrogens is 1. The van der Waals surface area contributed by atoms with Gasteiger partial charge in [0.2, 0.25) is 5.91 Å². The second kappa shape index (κ2) is 5.39. The van der Waals surface area contributed by atoms with Crippen LogP contribution in [-0.2, 0) is 6.54 Å². The first-order valence-corrected chi connectivity index (χ1v) is 5.88. The average Bonchev–Trinajstić information content (AvgIpc) is 2.39. The van der Waals surface area contributed by atoms with Crippen LogP contribution >= 0.6 is 0 Å². The van der Waals surface area contributed by atoms with Crippen molar-refractivity contribution in [3.05, 3.63) is 53.9 Å². The molecule has 2 rings (SSSR count). The molecule has 0 saturated heterocycles. The molecule has 1 heterocycles. The van der Waals surface area contributed by atoms with E-state index in [-0.39, 0.29) is 0 Å². The number of anilines is 2. The number of nitrogens with zero attached hydrogens (tertiary/aromatic N) is 2. The van der Waals surface area contributed by atoms with Crippen molar-refractivity contribution < 1.29 is 4.79 Å². The summed E-state index contributed by atoms with van der Waals surface area (Å²) in [5.74, 6) is -0.481. The molecular weight excluding hydrogens is 240 g/mol. The van der Waals surface area contributed by atoms with Gasteiger partial charge in [-0.15, -0.1) is 0 Å². The maximum atomic E-state index is 11.1. The van der Waals surface area contributed by atoms with Crippen LogP contribution in [0.3, 0.4) is 0 Å². The minimum Gasteiger partial charge on any atom is -0.397 e. The second-order valence-corrected chi connectivity index (χ2v) is 4.31. The molecule has 0 aliphatic carbocycles. The van der Waals surface area contributed by atoms with Crippen LogP contribution in [0.5, 0.6) is 0 Å². The third-order valence-corrected chi connectivity index (χ3v) is 2.85. The van der Waals surface area contributed by atoms with Gasteiger partial charge in [-0.1, -0.05) is 6.07 Å². The van der Waals surface area contributed by atoms with Crippen molar-refractivity contribution in [3.63, 3.8) is 0 Å². The smallest absolute Gasteiger partial charge is 0.248 e. The highest BCUT2D eigenvalue weighted by molar-refractivity contribution is 5.94. The van der Waals surface area contributed by atoms with Crippen LogP contribution in [0.2, 0.25) is 0 Å². The summed E-state index contributed by atoms with van der Waals surface area (Å²) in [5.41, 5.74) is 13.9. The average molecular weight is 256 g/mol. The highest BCUT2D eigenvalue weighted by atomic mass is 16.1. The largest absolute Gasteiger partial charge is 0.397 e. The SMILES string of the molecule is CN(Cc1ccccn1)c1ccc(C(N)=O)cc1N. The number of carbonyl (C=O) groups excluding carboxylic acids is 1. The van der Waals surface area contributed by atoms with E-state index < -0.39 is 5.91 Å². The Morgan fingerprint density at radius 1 is 1.32 bits per heavy atom. The highest BCUT2D eigenvalue weighted by Gasteiger charge is 2.09. The Balaban J connectivity index is 2.20. The van der Waals surface area contributed by atoms with Gasteiger partial charge < -0.3 is 16.4 Å². The number of rotatable bonds is 4. The van der Waals surface area contributed by atoms with Gasteiger partial charge in [-0.25, -0.2) is 0 Å². The lowest BCUT2D eigenvalue weighted by Gasteiger charge is -2.21. The minimum atomic E-state index is -0.481. The predicted molar refractivity (Wildman–Crippen MR) is 75.7 cm³/mol. The summed E-state index contributed by atoms with van der Waals surface area (Å²) >= 11 is 0. The second-order valence-electron chi connectivity index (χ2n) is 4.31. The molecular formula is C14H16N4O. The lowest BCUT2D eigenvalue weighted by molar-refractivity contribution is 0.100. The third kappa shape index (κ3) is 3.01. The molecule has 0 aliphatic rings. The number of hydrogen-bond acceptors (Lipinski definition) is 4. The van der Waals surface area contributed by atoms with Crippen molar-refractivity contribution in [2.24, 2.45) is 5.73 Å². The summed E-state index contributed by atoms with van der Waals surface area (Å²) < 4.78 is 0. The Labute approximate surface area is 111 Å². The topological polar surface area (TPSA) is 85.2 Å². The standard InChI is InChI=1S/C14H16N4O/c1-18(9-11-4-2-3-7-17-11)13-6-5-10(14(16)19)8-12(13)15/h2-8H,9,15H2,1H3,(H2,16,19). The van der Waals surface area contributed by atoms with Crippen molar-refractivity contribution in [3.8, 4) is 0 Å². The van der Waals surface area contributed by atoms with Gasteiger partial charge in [-0.05, 0) is 30.3 Å². The molecule has 0 spiro atoms. The van der Waals surface area contributed by atoms with Crippen LogP contribution in [0.1, 0.15) is 16.1 Å². The Kier molecular flexibility index (Phi) is 3.66. The van der Waals surface area contributed by atoms with Gasteiger partial charge in [0.1, 0.15) is 0 Å². The number of benzene rings is 1. The third-order valence-electron chi connectivity index (χ3n) is 2.85. The number of carbonyl (C=O) groups is 1. The summed E-state index contributed by atoms with van der Waals surface area (Å²) in [4.78, 5) is 17.3. The van der Waals surface area contributed by atoms with Crippen LogP contribution in [0.15, 0.2) is 42.6 Å². The number of amides is 1. The van der Waals surface area contributed by atoms with Crippen LogP contribution in [0, 0.1) is 0 Å². The monoisotopic (exact) mass is 256 g/mol. The van der Waals surface area contributed by atoms with E-state index in [4.69, 9.17) is 11.5 Å². The normalized spacial score (nSPS) is 10.2. The molecule has 0 aliphatic heterocycles. The molecule has 4 N–H and O–H groups in total. The molecule has 0 bridgehead atoms. The summed E-state index contributed by atoms with van der Waals surface area (Å²) in [6.45, 7) is 0.640. The predicted octanol–water partition coefficient (Wildman–Crippen LogP) is 1.40. The van der Waals surface area contributed by atoms with Gasteiger partial charge >= 0.3 is 0 Å². The van der Waals surface area contributed by atoms with Gasteiger partial charge in [-0.3, -0.25) is 9.78 Å². The molecule has 0 unspecified atom stereocenters. The molecule has 0 atom stereocenters. The van der Waals surface area contributed by atoms with Gasteiger partial charge in [-0.2, -0.15) is 0 Å². The number of primary amides is 1. The minimum absolute atomic E-state index is 0.410. The summed E-state index contributed by atoms with van der Waals surface area (Å²) in [6, 6.07) is 10.8. The molecule has 19 heavy (non-hydrogen) atoms. The number of nitrogen functional groups attached to an aromatic ring is 1. The van der Waals surface area contributed by atoms with E-state index in [1.165, 1.54) is 0 Å². The van der Waals surface area contributed by atoms with E-state index in [2.05, 4.69) is 4.98 Å². The van der Waals surface area contributed by atoms with Gasteiger partial charge in [0, 0.05) is 18.8 Å². The number of nitrogens with two attached hydrogens (primary N) is 2. The molecule has 0 saturated carbocycles. The van der Waals surface area contributed by atoms with E-state index in [0.717, 1.165) is 11.4 Å². The highest BCUT2D eigenvalue weighted by Crippen LogP contribution is 2.24. The van der Waals surface area contributed by atoms with Crippen LogP contribution in [0.25, 0.3) is 0 Å². The van der Waals surface area contributed by atoms with E-state index >= 15 is 0 Å². The lowest BCUT2D eigenvalue weighted by Crippen LogP contribution is -2.19. The molecule has 98 valence electrons. The fourth-order valence-corrected chi connectivity index (χ4v) is 1.88. The molecule has 5 heteroatoms. The quantitative estimate of drug-likeness (QED) is 0.810. The van der Waals surface area contributed by atoms with E-state index in [1.54, 1.807) is 24.4 Å². The molecule has 0 radical (unpaired) electrons. The summed E-state index contributed by atoms with van der Waals surface area (Å²) in [6.07, 6.45) is 1.75. The molecule has 0 fully saturated rings. The van der Waals surface area contributed by atoms with Crippen molar-refractivity contribution in [2.45, 2.75) is 6.54 Å². The molecule has 1 aromatic heterocycles. The van der Waals surface area contributed by atoms with Gasteiger partial charge in [0.05, 0.1) is 23.6 Å². The van der Waals surface area contributed by atoms with Crippen LogP contribution < -0.4 is 16.4 Å². The zero-order valence-corrected chi connectivity index (χ0v) is 10.7. The zero-order valence-electron chi connectivity index (χ0n) is 10.7. The molecule has 2 aromatic rings. The molecule has 5 nitrogen and oxygen atoms in total. The van der Waals surface area contributed by atoms with E-state index in [0.29, 0.717) is 17.8 Å². The van der Waals surface area contributed by atoms with Crippen molar-refractivity contribution in [1.29, 1.82) is 0 Å². The van der Waals surface area contributed by atoms with Crippen LogP contribution in [-0.4, -0.2) is 17.9 Å². The summed E-state index contributed by atoms with van der Waals surface area (Å²) in [7, 11) is 1.92. The Morgan fingerprint density at radius 2 is 2.11 bits per heavy atom. The van der Waals surface area contributed by atoms with Crippen molar-refractivity contribution in [2.75, 3.05) is 17.7 Å². The Hall–Kier alpha value is -2.56. The zero-order chi connectivity index (χ0) is 13.8. The Morgan fingerprint density at radius 3 is 2.68 bits per heavy atom. The van der Waals surface area contributed by atoms with Crippen molar-refractivity contribution >= 4 is 17.3 Å². The van der Waals surface area contributed by atoms with E-state index in [1.807, 2.05) is 30.1 Å². The number of pyridine rings is 1. The van der Waals surface area contributed by atoms with E-state index in [9.17, 15) is 4.79 Å². The first-order valence-electron chi connectivity index (χ1n) is 5.88. The van der Waals surface area contributed by atoms with Crippen molar-refractivity contribution in [1.82, 2.24) is 4.98 Å². The maximum absolute atomic E-state index is 11.1. The van der Waals surface area contributed by atoms with Gasteiger partial charge in [0.15, 0.2) is 0 Å². The Bertz CT molecular complexity index is 583. The first kappa shape index (κ1) is 12.9. The maximum Gasteiger partial charge on any atom is 0.248 e. The fourth-order valence-electron chi connectivity index (χ4n) is 1.88. The molecule has 1 aromatic carbocycles.